The fourth-order valence-electron chi connectivity index (χ4n) is 0.881. The van der Waals surface area contributed by atoms with Crippen LogP contribution >= 0.6 is 0 Å². The molecule has 0 spiro atoms. The van der Waals surface area contributed by atoms with Gasteiger partial charge >= 0.3 is 0 Å². The number of benzene rings is 1. The Morgan fingerprint density at radius 3 is 1.60 bits per heavy atom. The Bertz CT molecular complexity index is 211. The highest BCUT2D eigenvalue weighted by Gasteiger charge is 1.95. The summed E-state index contributed by atoms with van der Waals surface area (Å²) in [7, 11) is 0. The first-order valence-corrected chi connectivity index (χ1v) is 5.97. The first kappa shape index (κ1) is 16.4. The van der Waals surface area contributed by atoms with Crippen LogP contribution in [0.2, 0.25) is 0 Å². The lowest BCUT2D eigenvalue weighted by molar-refractivity contribution is 0.867. The minimum absolute atomic E-state index is 0.598. The lowest BCUT2D eigenvalue weighted by atomic mass is 10.0. The molecule has 0 fully saturated rings. The summed E-state index contributed by atoms with van der Waals surface area (Å²) in [5.74, 6) is 0.598. The van der Waals surface area contributed by atoms with Gasteiger partial charge in [-0.05, 0) is 23.6 Å². The van der Waals surface area contributed by atoms with Crippen LogP contribution < -0.4 is 5.73 Å². The summed E-state index contributed by atoms with van der Waals surface area (Å²) >= 11 is 0. The molecule has 0 aromatic heterocycles. The van der Waals surface area contributed by atoms with Crippen LogP contribution in [-0.2, 0) is 0 Å². The molecule has 0 saturated carbocycles. The molecule has 88 valence electrons. The van der Waals surface area contributed by atoms with Crippen LogP contribution in [0.15, 0.2) is 24.3 Å². The maximum atomic E-state index is 5.53. The van der Waals surface area contributed by atoms with E-state index >= 15 is 0 Å². The fraction of sp³-hybridized carbons (Fsp3) is 0.571. The topological polar surface area (TPSA) is 26.0 Å². The Labute approximate surface area is 95.7 Å². The predicted molar refractivity (Wildman–Crippen MR) is 72.3 cm³/mol. The van der Waals surface area contributed by atoms with Gasteiger partial charge in [-0.1, -0.05) is 60.1 Å². The maximum absolute atomic E-state index is 5.53. The molecule has 1 aromatic carbocycles. The lowest BCUT2D eigenvalue weighted by Crippen LogP contribution is -1.88. The Kier molecular flexibility index (Phi) is 12.2. The molecule has 15 heavy (non-hydrogen) atoms. The van der Waals surface area contributed by atoms with Crippen LogP contribution in [0.25, 0.3) is 0 Å². The third-order valence-corrected chi connectivity index (χ3v) is 1.60. The van der Waals surface area contributed by atoms with Gasteiger partial charge in [0.2, 0.25) is 0 Å². The van der Waals surface area contributed by atoms with E-state index in [0.717, 1.165) is 5.69 Å². The largest absolute Gasteiger partial charge is 0.399 e. The van der Waals surface area contributed by atoms with Crippen LogP contribution in [0.4, 0.5) is 5.69 Å². The summed E-state index contributed by atoms with van der Waals surface area (Å²) in [5, 5.41) is 0. The van der Waals surface area contributed by atoms with Crippen LogP contribution in [0.3, 0.4) is 0 Å². The molecule has 1 nitrogen and oxygen atoms in total. The zero-order valence-electron chi connectivity index (χ0n) is 11.2. The number of nitrogens with two attached hydrogens (primary N) is 1. The van der Waals surface area contributed by atoms with E-state index < -0.39 is 0 Å². The van der Waals surface area contributed by atoms with Crippen molar-refractivity contribution in [2.24, 2.45) is 0 Å². The van der Waals surface area contributed by atoms with Crippen molar-refractivity contribution in [3.8, 4) is 0 Å². The number of anilines is 1. The van der Waals surface area contributed by atoms with Gasteiger partial charge in [-0.25, -0.2) is 0 Å². The smallest absolute Gasteiger partial charge is 0.0314 e. The number of hydrogen-bond acceptors (Lipinski definition) is 1. The second kappa shape index (κ2) is 11.1. The van der Waals surface area contributed by atoms with E-state index in [9.17, 15) is 0 Å². The van der Waals surface area contributed by atoms with Gasteiger partial charge in [0.1, 0.15) is 0 Å². The maximum Gasteiger partial charge on any atom is 0.0314 e. The average molecular weight is 209 g/mol. The molecular weight excluding hydrogens is 182 g/mol. The standard InChI is InChI=1S/C9H13N.C3H8.C2H6/c1-7(2)8-3-5-9(10)6-4-8;1-3-2;1-2/h3-7H,10H2,1-2H3;3H2,1-2H3;1-2H3. The molecule has 0 unspecified atom stereocenters. The van der Waals surface area contributed by atoms with Crippen molar-refractivity contribution in [2.45, 2.75) is 53.9 Å². The summed E-state index contributed by atoms with van der Waals surface area (Å²) in [4.78, 5) is 0. The van der Waals surface area contributed by atoms with Gasteiger partial charge in [-0.2, -0.15) is 0 Å². The fourth-order valence-corrected chi connectivity index (χ4v) is 0.881. The minimum atomic E-state index is 0.598. The zero-order valence-corrected chi connectivity index (χ0v) is 11.2. The van der Waals surface area contributed by atoms with Crippen molar-refractivity contribution in [1.29, 1.82) is 0 Å². The molecule has 1 aromatic rings. The third-order valence-electron chi connectivity index (χ3n) is 1.60. The van der Waals surface area contributed by atoms with Crippen LogP contribution in [0.5, 0.6) is 0 Å². The van der Waals surface area contributed by atoms with Crippen molar-refractivity contribution >= 4 is 5.69 Å². The molecule has 0 bridgehead atoms. The molecule has 0 heterocycles. The van der Waals surface area contributed by atoms with Gasteiger partial charge in [0, 0.05) is 5.69 Å². The quantitative estimate of drug-likeness (QED) is 0.658. The van der Waals surface area contributed by atoms with Gasteiger partial charge < -0.3 is 5.73 Å². The summed E-state index contributed by atoms with van der Waals surface area (Å²) in [6, 6.07) is 8.02. The van der Waals surface area contributed by atoms with E-state index in [2.05, 4.69) is 39.8 Å². The lowest BCUT2D eigenvalue weighted by Gasteiger charge is -2.03. The van der Waals surface area contributed by atoms with Crippen molar-refractivity contribution in [1.82, 2.24) is 0 Å². The van der Waals surface area contributed by atoms with E-state index in [1.165, 1.54) is 12.0 Å². The highest BCUT2D eigenvalue weighted by Crippen LogP contribution is 2.14. The first-order valence-electron chi connectivity index (χ1n) is 5.97. The summed E-state index contributed by atoms with van der Waals surface area (Å²) in [6.07, 6.45) is 1.25. The van der Waals surface area contributed by atoms with Gasteiger partial charge in [0.25, 0.3) is 0 Å². The monoisotopic (exact) mass is 209 g/mol. The molecule has 0 saturated heterocycles. The number of rotatable bonds is 1. The first-order chi connectivity index (χ1) is 7.11. The highest BCUT2D eigenvalue weighted by atomic mass is 14.5. The van der Waals surface area contributed by atoms with Crippen molar-refractivity contribution in [3.63, 3.8) is 0 Å². The Hall–Kier alpha value is -0.980. The molecule has 2 N–H and O–H groups in total. The Morgan fingerprint density at radius 1 is 1.00 bits per heavy atom. The van der Waals surface area contributed by atoms with E-state index in [1.54, 1.807) is 0 Å². The zero-order chi connectivity index (χ0) is 12.3. The second-order valence-electron chi connectivity index (χ2n) is 3.53. The summed E-state index contributed by atoms with van der Waals surface area (Å²) < 4.78 is 0. The second-order valence-corrected chi connectivity index (χ2v) is 3.53. The Balaban J connectivity index is 0. The van der Waals surface area contributed by atoms with Crippen molar-refractivity contribution in [3.05, 3.63) is 29.8 Å². The van der Waals surface area contributed by atoms with Crippen LogP contribution in [0, 0.1) is 0 Å². The molecule has 0 amide bonds. The van der Waals surface area contributed by atoms with Gasteiger partial charge in [-0.15, -0.1) is 0 Å². The molecule has 0 radical (unpaired) electrons. The van der Waals surface area contributed by atoms with Crippen molar-refractivity contribution < 1.29 is 0 Å². The molecular formula is C14H27N. The molecule has 1 heteroatoms. The van der Waals surface area contributed by atoms with Gasteiger partial charge in [0.05, 0.1) is 0 Å². The van der Waals surface area contributed by atoms with Crippen LogP contribution in [-0.4, -0.2) is 0 Å². The summed E-state index contributed by atoms with van der Waals surface area (Å²) in [6.45, 7) is 12.6. The average Bonchev–Trinajstić information content (AvgIpc) is 2.22. The van der Waals surface area contributed by atoms with Gasteiger partial charge in [-0.3, -0.25) is 0 Å². The molecule has 0 aliphatic rings. The third kappa shape index (κ3) is 9.33. The Morgan fingerprint density at radius 2 is 1.33 bits per heavy atom. The SMILES string of the molecule is CC.CC(C)c1ccc(N)cc1.CCC. The highest BCUT2D eigenvalue weighted by molar-refractivity contribution is 5.39. The number of hydrogen-bond donors (Lipinski definition) is 1. The number of nitrogen functional groups attached to an aromatic ring is 1. The van der Waals surface area contributed by atoms with Crippen molar-refractivity contribution in [2.75, 3.05) is 5.73 Å². The molecule has 0 aliphatic carbocycles. The minimum Gasteiger partial charge on any atom is -0.399 e. The molecule has 0 aliphatic heterocycles. The summed E-state index contributed by atoms with van der Waals surface area (Å²) in [5.41, 5.74) is 7.71. The normalized spacial score (nSPS) is 8.47. The van der Waals surface area contributed by atoms with E-state index in [1.807, 2.05) is 26.0 Å². The van der Waals surface area contributed by atoms with E-state index in [-0.39, 0.29) is 0 Å². The predicted octanol–water partition coefficient (Wildman–Crippen LogP) is 4.83. The van der Waals surface area contributed by atoms with Crippen LogP contribution in [0.1, 0.15) is 59.4 Å². The van der Waals surface area contributed by atoms with Gasteiger partial charge in [0.15, 0.2) is 0 Å². The molecule has 1 rings (SSSR count). The molecule has 0 atom stereocenters. The van der Waals surface area contributed by atoms with E-state index in [0.29, 0.717) is 5.92 Å². The van der Waals surface area contributed by atoms with E-state index in [4.69, 9.17) is 5.73 Å².